The molecule has 0 atom stereocenters. The number of rotatable bonds is 5. The maximum absolute atomic E-state index is 6.04. The molecule has 1 N–H and O–H groups in total. The van der Waals surface area contributed by atoms with Crippen LogP contribution in [0, 0.1) is 0 Å². The van der Waals surface area contributed by atoms with Crippen LogP contribution in [0.15, 0.2) is 28.1 Å². The summed E-state index contributed by atoms with van der Waals surface area (Å²) in [5.74, 6) is 0.661. The summed E-state index contributed by atoms with van der Waals surface area (Å²) in [6.45, 7) is 1.21. The Morgan fingerprint density at radius 3 is 3.11 bits per heavy atom. The van der Waals surface area contributed by atoms with Gasteiger partial charge in [-0.15, -0.1) is 11.3 Å². The molecule has 0 aliphatic heterocycles. The van der Waals surface area contributed by atoms with Crippen molar-refractivity contribution >= 4 is 38.9 Å². The van der Waals surface area contributed by atoms with Gasteiger partial charge in [0.1, 0.15) is 17.4 Å². The molecule has 1 heterocycles. The zero-order chi connectivity index (χ0) is 13.0. The molecule has 0 aliphatic carbocycles. The van der Waals surface area contributed by atoms with E-state index in [2.05, 4.69) is 26.2 Å². The van der Waals surface area contributed by atoms with Crippen molar-refractivity contribution in [1.29, 1.82) is 0 Å². The van der Waals surface area contributed by atoms with Crippen LogP contribution in [-0.2, 0) is 13.2 Å². The van der Waals surface area contributed by atoms with E-state index in [9.17, 15) is 0 Å². The van der Waals surface area contributed by atoms with Gasteiger partial charge in [0.2, 0.25) is 0 Å². The lowest BCUT2D eigenvalue weighted by atomic mass is 10.3. The Balaban J connectivity index is 1.99. The van der Waals surface area contributed by atoms with Gasteiger partial charge in [-0.1, -0.05) is 27.5 Å². The zero-order valence-corrected chi connectivity index (χ0v) is 12.9. The zero-order valence-electron chi connectivity index (χ0n) is 9.74. The minimum atomic E-state index is 0.427. The van der Waals surface area contributed by atoms with Crippen LogP contribution in [-0.4, -0.2) is 12.0 Å². The van der Waals surface area contributed by atoms with Crippen molar-refractivity contribution in [2.75, 3.05) is 7.05 Å². The summed E-state index contributed by atoms with van der Waals surface area (Å²) in [6.07, 6.45) is 0. The van der Waals surface area contributed by atoms with Crippen molar-refractivity contribution in [1.82, 2.24) is 10.3 Å². The van der Waals surface area contributed by atoms with Crippen LogP contribution in [0.3, 0.4) is 0 Å². The van der Waals surface area contributed by atoms with Gasteiger partial charge in [0.25, 0.3) is 0 Å². The number of hydrogen-bond acceptors (Lipinski definition) is 4. The summed E-state index contributed by atoms with van der Waals surface area (Å²) >= 11 is 11.1. The van der Waals surface area contributed by atoms with E-state index in [0.29, 0.717) is 17.4 Å². The largest absolute Gasteiger partial charge is 0.486 e. The van der Waals surface area contributed by atoms with Crippen molar-refractivity contribution < 1.29 is 4.74 Å². The minimum Gasteiger partial charge on any atom is -0.486 e. The molecular formula is C12H12BrClN2OS. The van der Waals surface area contributed by atoms with Crippen LogP contribution in [0.5, 0.6) is 5.75 Å². The first-order chi connectivity index (χ1) is 8.69. The van der Waals surface area contributed by atoms with Crippen LogP contribution in [0.25, 0.3) is 0 Å². The molecule has 96 valence electrons. The van der Waals surface area contributed by atoms with Crippen molar-refractivity contribution in [3.05, 3.63) is 43.8 Å². The van der Waals surface area contributed by atoms with Gasteiger partial charge in [-0.25, -0.2) is 4.98 Å². The van der Waals surface area contributed by atoms with E-state index in [-0.39, 0.29) is 0 Å². The van der Waals surface area contributed by atoms with E-state index in [1.54, 1.807) is 17.4 Å². The molecule has 0 saturated carbocycles. The van der Waals surface area contributed by atoms with E-state index < -0.39 is 0 Å². The summed E-state index contributed by atoms with van der Waals surface area (Å²) in [4.78, 5) is 4.44. The molecule has 0 amide bonds. The highest BCUT2D eigenvalue weighted by Gasteiger charge is 2.05. The SMILES string of the molecule is CNCc1nc(COc2cc(Br)ccc2Cl)cs1. The number of hydrogen-bond donors (Lipinski definition) is 1. The van der Waals surface area contributed by atoms with E-state index in [1.165, 1.54) is 0 Å². The number of ether oxygens (including phenoxy) is 1. The standard InChI is InChI=1S/C12H12BrClN2OS/c1-15-5-12-16-9(7-18-12)6-17-11-4-8(13)2-3-10(11)14/h2-4,7,15H,5-6H2,1H3. The number of benzene rings is 1. The molecule has 0 spiro atoms. The van der Waals surface area contributed by atoms with Gasteiger partial charge in [0.15, 0.2) is 0 Å². The molecule has 3 nitrogen and oxygen atoms in total. The monoisotopic (exact) mass is 346 g/mol. The summed E-state index contributed by atoms with van der Waals surface area (Å²) in [7, 11) is 1.90. The third-order valence-corrected chi connectivity index (χ3v) is 3.90. The number of halogens is 2. The fraction of sp³-hybridized carbons (Fsp3) is 0.250. The maximum Gasteiger partial charge on any atom is 0.139 e. The Labute approximate surface area is 123 Å². The molecule has 0 fully saturated rings. The Hall–Kier alpha value is -0.620. The van der Waals surface area contributed by atoms with Gasteiger partial charge in [0.05, 0.1) is 10.7 Å². The number of nitrogens with zero attached hydrogens (tertiary/aromatic N) is 1. The Bertz CT molecular complexity index is 533. The highest BCUT2D eigenvalue weighted by atomic mass is 79.9. The van der Waals surface area contributed by atoms with Gasteiger partial charge < -0.3 is 10.1 Å². The number of nitrogens with one attached hydrogen (secondary N) is 1. The predicted octanol–water partition coefficient (Wildman–Crippen LogP) is 3.86. The third kappa shape index (κ3) is 3.68. The average molecular weight is 348 g/mol. The summed E-state index contributed by atoms with van der Waals surface area (Å²) in [6, 6.07) is 5.53. The van der Waals surface area contributed by atoms with Crippen molar-refractivity contribution in [3.8, 4) is 5.75 Å². The molecule has 1 aromatic carbocycles. The first-order valence-electron chi connectivity index (χ1n) is 5.35. The minimum absolute atomic E-state index is 0.427. The third-order valence-electron chi connectivity index (χ3n) is 2.20. The molecule has 0 unspecified atom stereocenters. The molecule has 2 rings (SSSR count). The van der Waals surface area contributed by atoms with Crippen molar-refractivity contribution in [2.45, 2.75) is 13.2 Å². The summed E-state index contributed by atoms with van der Waals surface area (Å²) in [5, 5.41) is 6.72. The van der Waals surface area contributed by atoms with E-state index in [1.807, 2.05) is 24.6 Å². The van der Waals surface area contributed by atoms with Crippen molar-refractivity contribution in [2.24, 2.45) is 0 Å². The van der Waals surface area contributed by atoms with Gasteiger partial charge in [-0.05, 0) is 25.2 Å². The normalized spacial score (nSPS) is 10.6. The van der Waals surface area contributed by atoms with E-state index in [4.69, 9.17) is 16.3 Å². The van der Waals surface area contributed by atoms with E-state index >= 15 is 0 Å². The van der Waals surface area contributed by atoms with Crippen LogP contribution >= 0.6 is 38.9 Å². The molecule has 0 bridgehead atoms. The molecule has 0 saturated heterocycles. The average Bonchev–Trinajstić information content (AvgIpc) is 2.79. The second-order valence-corrected chi connectivity index (χ2v) is 5.89. The highest BCUT2D eigenvalue weighted by molar-refractivity contribution is 9.10. The molecule has 0 aliphatic rings. The molecule has 0 radical (unpaired) electrons. The first kappa shape index (κ1) is 13.8. The topological polar surface area (TPSA) is 34.2 Å². The lowest BCUT2D eigenvalue weighted by Crippen LogP contribution is -2.05. The summed E-state index contributed by atoms with van der Waals surface area (Å²) < 4.78 is 6.60. The fourth-order valence-corrected chi connectivity index (χ4v) is 2.69. The summed E-state index contributed by atoms with van der Waals surface area (Å²) in [5.41, 5.74) is 0.918. The van der Waals surface area contributed by atoms with Crippen molar-refractivity contribution in [3.63, 3.8) is 0 Å². The quantitative estimate of drug-likeness (QED) is 0.892. The van der Waals surface area contributed by atoms with Gasteiger partial charge >= 0.3 is 0 Å². The molecule has 18 heavy (non-hydrogen) atoms. The maximum atomic E-state index is 6.04. The van der Waals surface area contributed by atoms with Crippen LogP contribution in [0.1, 0.15) is 10.7 Å². The van der Waals surface area contributed by atoms with Crippen LogP contribution in [0.4, 0.5) is 0 Å². The predicted molar refractivity (Wildman–Crippen MR) is 78.4 cm³/mol. The van der Waals surface area contributed by atoms with Crippen LogP contribution < -0.4 is 10.1 Å². The molecular weight excluding hydrogens is 336 g/mol. The molecule has 6 heteroatoms. The lowest BCUT2D eigenvalue weighted by molar-refractivity contribution is 0.302. The Morgan fingerprint density at radius 1 is 1.50 bits per heavy atom. The number of aromatic nitrogens is 1. The van der Waals surface area contributed by atoms with Gasteiger partial charge in [-0.3, -0.25) is 0 Å². The second-order valence-electron chi connectivity index (χ2n) is 3.63. The van der Waals surface area contributed by atoms with Gasteiger partial charge in [0, 0.05) is 16.4 Å². The van der Waals surface area contributed by atoms with E-state index in [0.717, 1.165) is 21.7 Å². The first-order valence-corrected chi connectivity index (χ1v) is 7.40. The highest BCUT2D eigenvalue weighted by Crippen LogP contribution is 2.28. The van der Waals surface area contributed by atoms with Gasteiger partial charge in [-0.2, -0.15) is 0 Å². The Morgan fingerprint density at radius 2 is 2.33 bits per heavy atom. The molecule has 1 aromatic heterocycles. The van der Waals surface area contributed by atoms with Crippen LogP contribution in [0.2, 0.25) is 5.02 Å². The molecule has 2 aromatic rings. The smallest absolute Gasteiger partial charge is 0.139 e. The lowest BCUT2D eigenvalue weighted by Gasteiger charge is -2.06. The number of thiazole rings is 1. The Kier molecular flexibility index (Phi) is 5.00. The second kappa shape index (κ2) is 6.52. The fourth-order valence-electron chi connectivity index (χ4n) is 1.39.